The molecule has 0 heterocycles. The molecular weight excluding hydrogens is 362 g/mol. The van der Waals surface area contributed by atoms with Gasteiger partial charge in [0.15, 0.2) is 0 Å². The van der Waals surface area contributed by atoms with Crippen LogP contribution >= 0.6 is 12.4 Å². The fourth-order valence-corrected chi connectivity index (χ4v) is 4.25. The van der Waals surface area contributed by atoms with Crippen molar-refractivity contribution in [3.05, 3.63) is 29.8 Å². The number of rotatable bonds is 8. The first-order valence-electron chi connectivity index (χ1n) is 8.56. The molecule has 0 spiro atoms. The molecule has 0 aliphatic heterocycles. The van der Waals surface area contributed by atoms with E-state index in [2.05, 4.69) is 15.4 Å². The molecular formula is C17H28ClN3O3S. The highest BCUT2D eigenvalue weighted by Gasteiger charge is 2.23. The van der Waals surface area contributed by atoms with Crippen LogP contribution in [0.15, 0.2) is 29.2 Å². The molecule has 0 saturated heterocycles. The first-order chi connectivity index (χ1) is 11.4. The number of likely N-dealkylation sites (N-methyl/N-ethyl adjacent to an activating group) is 1. The second-order valence-corrected chi connectivity index (χ2v) is 8.01. The van der Waals surface area contributed by atoms with Crippen LogP contribution in [0.3, 0.4) is 0 Å². The van der Waals surface area contributed by atoms with E-state index < -0.39 is 10.0 Å². The van der Waals surface area contributed by atoms with Crippen LogP contribution in [0.1, 0.15) is 49.9 Å². The van der Waals surface area contributed by atoms with E-state index in [1.807, 2.05) is 13.8 Å². The third kappa shape index (κ3) is 6.58. The van der Waals surface area contributed by atoms with E-state index in [9.17, 15) is 13.2 Å². The van der Waals surface area contributed by atoms with Crippen molar-refractivity contribution in [2.75, 3.05) is 13.1 Å². The molecule has 1 amide bonds. The van der Waals surface area contributed by atoms with E-state index in [0.717, 1.165) is 32.2 Å². The van der Waals surface area contributed by atoms with Crippen LogP contribution in [0.2, 0.25) is 0 Å². The fourth-order valence-electron chi connectivity index (χ4n) is 2.90. The molecule has 2 rings (SSSR count). The number of hydrogen-bond acceptors (Lipinski definition) is 4. The van der Waals surface area contributed by atoms with Gasteiger partial charge < -0.3 is 10.6 Å². The molecule has 142 valence electrons. The number of carbonyl (C=O) groups is 1. The maximum atomic E-state index is 12.5. The summed E-state index contributed by atoms with van der Waals surface area (Å²) < 4.78 is 27.7. The minimum absolute atomic E-state index is 0. The third-order valence-electron chi connectivity index (χ3n) is 4.20. The van der Waals surface area contributed by atoms with Crippen LogP contribution in [0, 0.1) is 0 Å². The van der Waals surface area contributed by atoms with E-state index >= 15 is 0 Å². The molecule has 0 bridgehead atoms. The Balaban J connectivity index is 0.00000312. The summed E-state index contributed by atoms with van der Waals surface area (Å²) in [6, 6.07) is 6.36. The van der Waals surface area contributed by atoms with Crippen LogP contribution in [0.5, 0.6) is 0 Å². The van der Waals surface area contributed by atoms with Gasteiger partial charge in [-0.2, -0.15) is 0 Å². The molecule has 8 heteroatoms. The standard InChI is InChI=1S/C17H27N3O3S.ClH/c1-3-18-13(2)12-19-17(21)14-7-6-10-16(11-14)24(22,23)20-15-8-4-5-9-15;/h6-7,10-11,13,15,18,20H,3-5,8-9,12H2,1-2H3,(H,19,21);1H/t13-;/m1./s1. The number of hydrogen-bond donors (Lipinski definition) is 3. The molecule has 6 nitrogen and oxygen atoms in total. The van der Waals surface area contributed by atoms with Crippen LogP contribution in [-0.4, -0.2) is 39.5 Å². The summed E-state index contributed by atoms with van der Waals surface area (Å²) in [6.07, 6.45) is 3.86. The molecule has 1 aliphatic rings. The van der Waals surface area contributed by atoms with Gasteiger partial charge in [0.25, 0.3) is 5.91 Å². The zero-order valence-corrected chi connectivity index (χ0v) is 16.4. The van der Waals surface area contributed by atoms with Crippen LogP contribution in [-0.2, 0) is 10.0 Å². The monoisotopic (exact) mass is 389 g/mol. The third-order valence-corrected chi connectivity index (χ3v) is 5.72. The van der Waals surface area contributed by atoms with Crippen molar-refractivity contribution in [3.8, 4) is 0 Å². The second kappa shape index (κ2) is 10.1. The Hall–Kier alpha value is -1.15. The minimum Gasteiger partial charge on any atom is -0.350 e. The normalized spacial score (nSPS) is 16.2. The summed E-state index contributed by atoms with van der Waals surface area (Å²) in [5.74, 6) is -0.266. The van der Waals surface area contributed by atoms with Gasteiger partial charge in [0.05, 0.1) is 4.90 Å². The molecule has 25 heavy (non-hydrogen) atoms. The summed E-state index contributed by atoms with van der Waals surface area (Å²) in [5, 5.41) is 6.03. The average Bonchev–Trinajstić information content (AvgIpc) is 3.05. The lowest BCUT2D eigenvalue weighted by molar-refractivity contribution is 0.0950. The van der Waals surface area contributed by atoms with Crippen LogP contribution in [0.25, 0.3) is 0 Å². The molecule has 3 N–H and O–H groups in total. The first kappa shape index (κ1) is 21.9. The fraction of sp³-hybridized carbons (Fsp3) is 0.588. The molecule has 0 radical (unpaired) electrons. The lowest BCUT2D eigenvalue weighted by Gasteiger charge is -2.14. The molecule has 0 aromatic heterocycles. The summed E-state index contributed by atoms with van der Waals surface area (Å²) in [5.41, 5.74) is 0.355. The summed E-state index contributed by atoms with van der Waals surface area (Å²) in [7, 11) is -3.58. The highest BCUT2D eigenvalue weighted by molar-refractivity contribution is 7.89. The largest absolute Gasteiger partial charge is 0.350 e. The molecule has 1 fully saturated rings. The highest BCUT2D eigenvalue weighted by Crippen LogP contribution is 2.20. The van der Waals surface area contributed by atoms with E-state index in [4.69, 9.17) is 0 Å². The molecule has 1 atom stereocenters. The van der Waals surface area contributed by atoms with E-state index in [1.165, 1.54) is 12.1 Å². The minimum atomic E-state index is -3.58. The van der Waals surface area contributed by atoms with Gasteiger partial charge in [-0.25, -0.2) is 13.1 Å². The Morgan fingerprint density at radius 3 is 2.60 bits per heavy atom. The van der Waals surface area contributed by atoms with Gasteiger partial charge in [0.1, 0.15) is 0 Å². The Morgan fingerprint density at radius 1 is 1.28 bits per heavy atom. The van der Waals surface area contributed by atoms with Gasteiger partial charge in [-0.3, -0.25) is 4.79 Å². The van der Waals surface area contributed by atoms with E-state index in [1.54, 1.807) is 12.1 Å². The number of carbonyl (C=O) groups excluding carboxylic acids is 1. The lowest BCUT2D eigenvalue weighted by Crippen LogP contribution is -2.38. The summed E-state index contributed by atoms with van der Waals surface area (Å²) in [4.78, 5) is 12.4. The Morgan fingerprint density at radius 2 is 1.96 bits per heavy atom. The van der Waals surface area contributed by atoms with Crippen molar-refractivity contribution in [1.82, 2.24) is 15.4 Å². The molecule has 1 saturated carbocycles. The molecule has 0 unspecified atom stereocenters. The smallest absolute Gasteiger partial charge is 0.251 e. The topological polar surface area (TPSA) is 87.3 Å². The molecule has 1 aromatic rings. The predicted octanol–water partition coefficient (Wildman–Crippen LogP) is 2.06. The van der Waals surface area contributed by atoms with Crippen molar-refractivity contribution in [3.63, 3.8) is 0 Å². The highest BCUT2D eigenvalue weighted by atomic mass is 35.5. The second-order valence-electron chi connectivity index (χ2n) is 6.30. The Bertz CT molecular complexity index is 661. The van der Waals surface area contributed by atoms with Gasteiger partial charge in [0.2, 0.25) is 10.0 Å². The summed E-state index contributed by atoms with van der Waals surface area (Å²) in [6.45, 7) is 5.31. The van der Waals surface area contributed by atoms with Crippen molar-refractivity contribution < 1.29 is 13.2 Å². The van der Waals surface area contributed by atoms with Crippen molar-refractivity contribution in [2.24, 2.45) is 0 Å². The average molecular weight is 390 g/mol. The van der Waals surface area contributed by atoms with Crippen molar-refractivity contribution >= 4 is 28.3 Å². The van der Waals surface area contributed by atoms with Gasteiger partial charge in [0, 0.05) is 24.2 Å². The Labute approximate surface area is 156 Å². The van der Waals surface area contributed by atoms with Crippen molar-refractivity contribution in [1.29, 1.82) is 0 Å². The number of halogens is 1. The number of benzene rings is 1. The van der Waals surface area contributed by atoms with E-state index in [0.29, 0.717) is 12.1 Å². The van der Waals surface area contributed by atoms with Crippen LogP contribution in [0.4, 0.5) is 0 Å². The predicted molar refractivity (Wildman–Crippen MR) is 102 cm³/mol. The maximum Gasteiger partial charge on any atom is 0.251 e. The zero-order valence-electron chi connectivity index (χ0n) is 14.7. The van der Waals surface area contributed by atoms with Crippen molar-refractivity contribution in [2.45, 2.75) is 56.5 Å². The maximum absolute atomic E-state index is 12.5. The first-order valence-corrected chi connectivity index (χ1v) is 10.0. The Kier molecular flexibility index (Phi) is 8.85. The van der Waals surface area contributed by atoms with E-state index in [-0.39, 0.29) is 35.3 Å². The lowest BCUT2D eigenvalue weighted by atomic mass is 10.2. The zero-order chi connectivity index (χ0) is 17.6. The number of nitrogens with one attached hydrogen (secondary N) is 3. The molecule has 1 aromatic carbocycles. The number of sulfonamides is 1. The van der Waals surface area contributed by atoms with Crippen LogP contribution < -0.4 is 15.4 Å². The summed E-state index contributed by atoms with van der Waals surface area (Å²) >= 11 is 0. The SMILES string of the molecule is CCN[C@H](C)CNC(=O)c1cccc(S(=O)(=O)NC2CCCC2)c1.Cl. The van der Waals surface area contributed by atoms with Gasteiger partial charge in [-0.1, -0.05) is 25.8 Å². The quantitative estimate of drug-likeness (QED) is 0.635. The molecule has 1 aliphatic carbocycles. The van der Waals surface area contributed by atoms with Gasteiger partial charge in [-0.15, -0.1) is 12.4 Å². The van der Waals surface area contributed by atoms with Gasteiger partial charge in [-0.05, 0) is 44.5 Å². The number of amides is 1. The van der Waals surface area contributed by atoms with Gasteiger partial charge >= 0.3 is 0 Å².